The van der Waals surface area contributed by atoms with Gasteiger partial charge in [0.05, 0.1) is 11.6 Å². The summed E-state index contributed by atoms with van der Waals surface area (Å²) in [5.41, 5.74) is -0.295. The highest BCUT2D eigenvalue weighted by Gasteiger charge is 2.25. The third-order valence-corrected chi connectivity index (χ3v) is 5.97. The number of sulfonamides is 1. The Kier molecular flexibility index (Phi) is 7.61. The minimum absolute atomic E-state index is 0.0407. The average Bonchev–Trinajstić information content (AvgIpc) is 2.52. The van der Waals surface area contributed by atoms with Gasteiger partial charge >= 0.3 is 0 Å². The minimum Gasteiger partial charge on any atom is -0.350 e. The van der Waals surface area contributed by atoms with Gasteiger partial charge in [-0.25, -0.2) is 8.42 Å². The molecule has 1 rings (SSSR count). The average molecular weight is 404 g/mol. The molecule has 0 atom stereocenters. The quantitative estimate of drug-likeness (QED) is 0.727. The van der Waals surface area contributed by atoms with Crippen LogP contribution in [0.1, 0.15) is 45.0 Å². The summed E-state index contributed by atoms with van der Waals surface area (Å²) in [6, 6.07) is 4.01. The molecule has 0 aromatic heterocycles. The van der Waals surface area contributed by atoms with E-state index < -0.39 is 21.5 Å². The second-order valence-electron chi connectivity index (χ2n) is 6.72. The summed E-state index contributed by atoms with van der Waals surface area (Å²) >= 11 is 6.04. The second kappa shape index (κ2) is 8.83. The summed E-state index contributed by atoms with van der Waals surface area (Å²) in [7, 11) is -3.80. The zero-order chi connectivity index (χ0) is 20.1. The van der Waals surface area contributed by atoms with Gasteiger partial charge in [-0.15, -0.1) is 0 Å². The van der Waals surface area contributed by atoms with Crippen molar-refractivity contribution in [2.24, 2.45) is 0 Å². The molecular formula is C17H26ClN3O4S. The van der Waals surface area contributed by atoms with Crippen LogP contribution in [0.5, 0.6) is 0 Å². The normalized spacial score (nSPS) is 12.1. The first-order valence-corrected chi connectivity index (χ1v) is 10.1. The molecule has 2 N–H and O–H groups in total. The van der Waals surface area contributed by atoms with E-state index in [0.717, 1.165) is 0 Å². The Bertz CT molecular complexity index is 769. The van der Waals surface area contributed by atoms with Crippen molar-refractivity contribution in [1.29, 1.82) is 0 Å². The number of nitrogens with zero attached hydrogens (tertiary/aromatic N) is 1. The zero-order valence-electron chi connectivity index (χ0n) is 15.7. The van der Waals surface area contributed by atoms with Crippen LogP contribution in [0.2, 0.25) is 5.02 Å². The molecule has 0 aliphatic carbocycles. The fourth-order valence-electron chi connectivity index (χ4n) is 2.27. The monoisotopic (exact) mass is 403 g/mol. The lowest BCUT2D eigenvalue weighted by atomic mass is 10.1. The van der Waals surface area contributed by atoms with Gasteiger partial charge in [0.2, 0.25) is 15.9 Å². The predicted molar refractivity (Wildman–Crippen MR) is 102 cm³/mol. The molecule has 26 heavy (non-hydrogen) atoms. The number of hydrogen-bond donors (Lipinski definition) is 2. The molecule has 1 aromatic carbocycles. The Morgan fingerprint density at radius 3 is 2.23 bits per heavy atom. The third kappa shape index (κ3) is 5.96. The standard InChI is InChI=1S/C17H26ClN3O4S/c1-6-21(7-2)26(24,25)14-10-12(8-9-13(14)18)16(23)19-11-15(22)20-17(3,4)5/h8-10H,6-7,11H2,1-5H3,(H,19,23)(H,20,22). The topological polar surface area (TPSA) is 95.6 Å². The van der Waals surface area contributed by atoms with E-state index in [1.165, 1.54) is 22.5 Å². The van der Waals surface area contributed by atoms with Crippen molar-refractivity contribution in [1.82, 2.24) is 14.9 Å². The Morgan fingerprint density at radius 1 is 1.15 bits per heavy atom. The van der Waals surface area contributed by atoms with Crippen molar-refractivity contribution in [3.63, 3.8) is 0 Å². The highest BCUT2D eigenvalue weighted by Crippen LogP contribution is 2.25. The summed E-state index contributed by atoms with van der Waals surface area (Å²) in [5.74, 6) is -0.891. The highest BCUT2D eigenvalue weighted by atomic mass is 35.5. The maximum absolute atomic E-state index is 12.7. The largest absolute Gasteiger partial charge is 0.350 e. The first-order chi connectivity index (χ1) is 11.9. The van der Waals surface area contributed by atoms with Crippen LogP contribution in [-0.2, 0) is 14.8 Å². The number of hydrogen-bond acceptors (Lipinski definition) is 4. The van der Waals surface area contributed by atoms with Crippen molar-refractivity contribution in [3.8, 4) is 0 Å². The summed E-state index contributed by atoms with van der Waals surface area (Å²) in [4.78, 5) is 23.9. The Labute approximate surface area is 160 Å². The molecule has 146 valence electrons. The molecule has 0 heterocycles. The van der Waals surface area contributed by atoms with Crippen molar-refractivity contribution in [2.75, 3.05) is 19.6 Å². The van der Waals surface area contributed by atoms with Gasteiger partial charge in [0.25, 0.3) is 5.91 Å². The molecule has 0 bridgehead atoms. The molecule has 1 aromatic rings. The van der Waals surface area contributed by atoms with Gasteiger partial charge in [-0.05, 0) is 39.0 Å². The number of carbonyl (C=O) groups excluding carboxylic acids is 2. The summed E-state index contributed by atoms with van der Waals surface area (Å²) < 4.78 is 26.6. The number of nitrogens with one attached hydrogen (secondary N) is 2. The lowest BCUT2D eigenvalue weighted by Crippen LogP contribution is -2.45. The van der Waals surface area contributed by atoms with E-state index in [9.17, 15) is 18.0 Å². The molecule has 0 aliphatic rings. The predicted octanol–water partition coefficient (Wildman–Crippen LogP) is 2.02. The van der Waals surface area contributed by atoms with Crippen molar-refractivity contribution in [2.45, 2.75) is 45.1 Å². The number of rotatable bonds is 7. The van der Waals surface area contributed by atoms with Gasteiger partial charge in [0, 0.05) is 24.2 Å². The molecular weight excluding hydrogens is 378 g/mol. The number of carbonyl (C=O) groups is 2. The van der Waals surface area contributed by atoms with Gasteiger partial charge in [-0.1, -0.05) is 25.4 Å². The molecule has 0 unspecified atom stereocenters. The van der Waals surface area contributed by atoms with E-state index in [4.69, 9.17) is 11.6 Å². The number of benzene rings is 1. The molecule has 7 nitrogen and oxygen atoms in total. The maximum Gasteiger partial charge on any atom is 0.251 e. The smallest absolute Gasteiger partial charge is 0.251 e. The Morgan fingerprint density at radius 2 is 1.73 bits per heavy atom. The van der Waals surface area contributed by atoms with Gasteiger partial charge in [0.15, 0.2) is 0 Å². The first-order valence-electron chi connectivity index (χ1n) is 8.31. The van der Waals surface area contributed by atoms with Gasteiger partial charge in [-0.2, -0.15) is 4.31 Å². The molecule has 2 amide bonds. The fourth-order valence-corrected chi connectivity index (χ4v) is 4.23. The summed E-state index contributed by atoms with van der Waals surface area (Å²) in [5, 5.41) is 5.24. The first kappa shape index (κ1) is 22.4. The van der Waals surface area contributed by atoms with Crippen LogP contribution in [0.4, 0.5) is 0 Å². The maximum atomic E-state index is 12.7. The SMILES string of the molecule is CCN(CC)S(=O)(=O)c1cc(C(=O)NCC(=O)NC(C)(C)C)ccc1Cl. The van der Waals surface area contributed by atoms with E-state index in [-0.39, 0.29) is 27.9 Å². The van der Waals surface area contributed by atoms with Gasteiger partial charge in [-0.3, -0.25) is 9.59 Å². The third-order valence-electron chi connectivity index (χ3n) is 3.44. The lowest BCUT2D eigenvalue weighted by Gasteiger charge is -2.21. The van der Waals surface area contributed by atoms with E-state index >= 15 is 0 Å². The molecule has 0 spiro atoms. The van der Waals surface area contributed by atoms with Crippen LogP contribution < -0.4 is 10.6 Å². The van der Waals surface area contributed by atoms with E-state index in [2.05, 4.69) is 10.6 Å². The number of amides is 2. The van der Waals surface area contributed by atoms with Crippen LogP contribution in [0.25, 0.3) is 0 Å². The van der Waals surface area contributed by atoms with Crippen molar-refractivity contribution < 1.29 is 18.0 Å². The van der Waals surface area contributed by atoms with E-state index in [1.54, 1.807) is 13.8 Å². The minimum atomic E-state index is -3.80. The second-order valence-corrected chi connectivity index (χ2v) is 9.03. The molecule has 0 saturated carbocycles. The summed E-state index contributed by atoms with van der Waals surface area (Å²) in [6.07, 6.45) is 0. The lowest BCUT2D eigenvalue weighted by molar-refractivity contribution is -0.121. The fraction of sp³-hybridized carbons (Fsp3) is 0.529. The molecule has 0 saturated heterocycles. The van der Waals surface area contributed by atoms with E-state index in [0.29, 0.717) is 13.1 Å². The highest BCUT2D eigenvalue weighted by molar-refractivity contribution is 7.89. The Balaban J connectivity index is 2.99. The zero-order valence-corrected chi connectivity index (χ0v) is 17.3. The molecule has 0 fully saturated rings. The van der Waals surface area contributed by atoms with Gasteiger partial charge in [0.1, 0.15) is 4.90 Å². The van der Waals surface area contributed by atoms with Crippen LogP contribution in [-0.4, -0.2) is 49.7 Å². The van der Waals surface area contributed by atoms with Crippen molar-refractivity contribution >= 4 is 33.4 Å². The Hall–Kier alpha value is -1.64. The van der Waals surface area contributed by atoms with Crippen LogP contribution >= 0.6 is 11.6 Å². The van der Waals surface area contributed by atoms with Crippen LogP contribution in [0.15, 0.2) is 23.1 Å². The van der Waals surface area contributed by atoms with Crippen LogP contribution in [0, 0.1) is 0 Å². The van der Waals surface area contributed by atoms with Gasteiger partial charge < -0.3 is 10.6 Å². The summed E-state index contributed by atoms with van der Waals surface area (Å²) in [6.45, 7) is 9.30. The van der Waals surface area contributed by atoms with Crippen LogP contribution in [0.3, 0.4) is 0 Å². The molecule has 0 aliphatic heterocycles. The van der Waals surface area contributed by atoms with E-state index in [1.807, 2.05) is 20.8 Å². The number of halogens is 1. The molecule has 0 radical (unpaired) electrons. The molecule has 9 heteroatoms. The van der Waals surface area contributed by atoms with Crippen molar-refractivity contribution in [3.05, 3.63) is 28.8 Å².